The lowest BCUT2D eigenvalue weighted by Crippen LogP contribution is -2.47. The smallest absolute Gasteiger partial charge is 0.179 e. The molecule has 0 bridgehead atoms. The van der Waals surface area contributed by atoms with Crippen molar-refractivity contribution in [2.75, 3.05) is 0 Å². The van der Waals surface area contributed by atoms with Crippen molar-refractivity contribution >= 4 is 44.9 Å². The van der Waals surface area contributed by atoms with Gasteiger partial charge < -0.3 is 0 Å². The summed E-state index contributed by atoms with van der Waals surface area (Å²) in [6.45, 7) is 0. The summed E-state index contributed by atoms with van der Waals surface area (Å²) in [5.41, 5.74) is 1.40. The van der Waals surface area contributed by atoms with Gasteiger partial charge in [0.05, 0.1) is 0 Å². The SMILES string of the molecule is O=C1CC(CCCCCCCc2ccc(Br)cc2)C1(Cl)Cl. The highest BCUT2D eigenvalue weighted by Crippen LogP contribution is 2.47. The van der Waals surface area contributed by atoms with E-state index in [1.165, 1.54) is 31.2 Å². The number of carbonyl (C=O) groups is 1. The molecule has 0 amide bonds. The van der Waals surface area contributed by atoms with Crippen molar-refractivity contribution in [2.24, 2.45) is 5.92 Å². The summed E-state index contributed by atoms with van der Waals surface area (Å²) in [6.07, 6.45) is 8.75. The Hall–Kier alpha value is -0.0500. The van der Waals surface area contributed by atoms with Gasteiger partial charge in [0.1, 0.15) is 0 Å². The van der Waals surface area contributed by atoms with Gasteiger partial charge in [0, 0.05) is 16.8 Å². The lowest BCUT2D eigenvalue weighted by atomic mass is 9.79. The first-order chi connectivity index (χ1) is 10.00. The molecule has 21 heavy (non-hydrogen) atoms. The second-order valence-corrected chi connectivity index (χ2v) is 8.18. The molecule has 0 radical (unpaired) electrons. The number of rotatable bonds is 8. The van der Waals surface area contributed by atoms with Crippen LogP contribution in [0.25, 0.3) is 0 Å². The summed E-state index contributed by atoms with van der Waals surface area (Å²) in [7, 11) is 0. The van der Waals surface area contributed by atoms with E-state index >= 15 is 0 Å². The first kappa shape index (κ1) is 17.3. The number of aryl methyl sites for hydroxylation is 1. The number of alkyl halides is 2. The average molecular weight is 392 g/mol. The third kappa shape index (κ3) is 4.97. The maximum absolute atomic E-state index is 11.2. The average Bonchev–Trinajstić information content (AvgIpc) is 2.47. The molecule has 0 N–H and O–H groups in total. The number of unbranched alkanes of at least 4 members (excludes halogenated alkanes) is 4. The van der Waals surface area contributed by atoms with E-state index in [9.17, 15) is 4.79 Å². The predicted octanol–water partition coefficient (Wildman–Crippen LogP) is 6.10. The molecule has 116 valence electrons. The maximum atomic E-state index is 11.2. The summed E-state index contributed by atoms with van der Waals surface area (Å²) >= 11 is 15.4. The molecule has 1 aromatic carbocycles. The van der Waals surface area contributed by atoms with Gasteiger partial charge in [-0.2, -0.15) is 0 Å². The van der Waals surface area contributed by atoms with E-state index in [1.807, 2.05) is 0 Å². The Balaban J connectivity index is 1.49. The van der Waals surface area contributed by atoms with E-state index in [0.717, 1.165) is 23.7 Å². The fourth-order valence-corrected chi connectivity index (χ4v) is 3.56. The van der Waals surface area contributed by atoms with Crippen molar-refractivity contribution in [1.29, 1.82) is 0 Å². The quantitative estimate of drug-likeness (QED) is 0.386. The van der Waals surface area contributed by atoms with Gasteiger partial charge in [-0.3, -0.25) is 4.79 Å². The summed E-state index contributed by atoms with van der Waals surface area (Å²) in [6, 6.07) is 8.55. The van der Waals surface area contributed by atoms with Crippen molar-refractivity contribution in [1.82, 2.24) is 0 Å². The molecule has 1 nitrogen and oxygen atoms in total. The van der Waals surface area contributed by atoms with Crippen LogP contribution < -0.4 is 0 Å². The molecule has 1 saturated carbocycles. The Morgan fingerprint density at radius 3 is 2.29 bits per heavy atom. The summed E-state index contributed by atoms with van der Waals surface area (Å²) in [5.74, 6) is 0.168. The van der Waals surface area contributed by atoms with Crippen LogP contribution in [0.3, 0.4) is 0 Å². The molecular weight excluding hydrogens is 371 g/mol. The second kappa shape index (κ2) is 7.99. The first-order valence-corrected chi connectivity index (χ1v) is 9.20. The molecule has 0 saturated heterocycles. The predicted molar refractivity (Wildman–Crippen MR) is 93.1 cm³/mol. The standard InChI is InChI=1S/C17H21BrCl2O/c18-15-10-8-13(9-11-15)6-4-2-1-3-5-7-14-12-16(21)17(14,19)20/h8-11,14H,1-7,12H2. The summed E-state index contributed by atoms with van der Waals surface area (Å²) < 4.78 is 0.0529. The monoisotopic (exact) mass is 390 g/mol. The fourth-order valence-electron chi connectivity index (χ4n) is 2.77. The molecular formula is C17H21BrCl2O. The highest BCUT2D eigenvalue weighted by atomic mass is 79.9. The van der Waals surface area contributed by atoms with Crippen molar-refractivity contribution < 1.29 is 4.79 Å². The van der Waals surface area contributed by atoms with Crippen molar-refractivity contribution in [3.8, 4) is 0 Å². The zero-order chi connectivity index (χ0) is 15.3. The van der Waals surface area contributed by atoms with Gasteiger partial charge in [-0.15, -0.1) is 0 Å². The molecule has 2 rings (SSSR count). The molecule has 4 heteroatoms. The van der Waals surface area contributed by atoms with Crippen molar-refractivity contribution in [2.45, 2.75) is 55.7 Å². The van der Waals surface area contributed by atoms with Crippen LogP contribution in [-0.4, -0.2) is 10.1 Å². The highest BCUT2D eigenvalue weighted by molar-refractivity contribution is 9.10. The molecule has 1 atom stereocenters. The fraction of sp³-hybridized carbons (Fsp3) is 0.588. The minimum atomic E-state index is -1.08. The van der Waals surface area contributed by atoms with E-state index in [-0.39, 0.29) is 11.7 Å². The largest absolute Gasteiger partial charge is 0.296 e. The van der Waals surface area contributed by atoms with Gasteiger partial charge in [-0.1, -0.05) is 76.9 Å². The van der Waals surface area contributed by atoms with Crippen molar-refractivity contribution in [3.63, 3.8) is 0 Å². The number of hydrogen-bond donors (Lipinski definition) is 0. The van der Waals surface area contributed by atoms with Crippen LogP contribution in [0, 0.1) is 5.92 Å². The second-order valence-electron chi connectivity index (χ2n) is 5.88. The third-order valence-corrected chi connectivity index (χ3v) is 5.82. The molecule has 0 heterocycles. The Morgan fingerprint density at radius 1 is 1.05 bits per heavy atom. The summed E-state index contributed by atoms with van der Waals surface area (Å²) in [5, 5.41) is 0. The molecule has 0 aliphatic heterocycles. The normalized spacial score (nSPS) is 20.3. The Labute approximate surface area is 145 Å². The first-order valence-electron chi connectivity index (χ1n) is 7.65. The zero-order valence-electron chi connectivity index (χ0n) is 12.1. The van der Waals surface area contributed by atoms with Gasteiger partial charge >= 0.3 is 0 Å². The third-order valence-electron chi connectivity index (χ3n) is 4.25. The number of benzene rings is 1. The van der Waals surface area contributed by atoms with Crippen LogP contribution in [0.4, 0.5) is 0 Å². The Kier molecular flexibility index (Phi) is 6.58. The number of Topliss-reactive ketones (excluding diaryl/α,β-unsaturated/α-hetero) is 1. The molecule has 1 aliphatic carbocycles. The van der Waals surface area contributed by atoms with Crippen LogP contribution in [0.2, 0.25) is 0 Å². The molecule has 1 aromatic rings. The van der Waals surface area contributed by atoms with E-state index in [2.05, 4.69) is 40.2 Å². The topological polar surface area (TPSA) is 17.1 Å². The maximum Gasteiger partial charge on any atom is 0.179 e. The zero-order valence-corrected chi connectivity index (χ0v) is 15.2. The molecule has 1 aliphatic rings. The lowest BCUT2D eigenvalue weighted by Gasteiger charge is -2.37. The van der Waals surface area contributed by atoms with Crippen LogP contribution in [0.15, 0.2) is 28.7 Å². The Bertz CT molecular complexity index is 470. The van der Waals surface area contributed by atoms with Gasteiger partial charge in [0.15, 0.2) is 10.1 Å². The summed E-state index contributed by atoms with van der Waals surface area (Å²) in [4.78, 5) is 11.2. The van der Waals surface area contributed by atoms with Gasteiger partial charge in [0.2, 0.25) is 0 Å². The van der Waals surface area contributed by atoms with Crippen LogP contribution in [0.1, 0.15) is 50.5 Å². The molecule has 0 spiro atoms. The van der Waals surface area contributed by atoms with Crippen LogP contribution in [-0.2, 0) is 11.2 Å². The lowest BCUT2D eigenvalue weighted by molar-refractivity contribution is -0.128. The van der Waals surface area contributed by atoms with Crippen molar-refractivity contribution in [3.05, 3.63) is 34.3 Å². The van der Waals surface area contributed by atoms with Crippen LogP contribution >= 0.6 is 39.1 Å². The number of carbonyl (C=O) groups excluding carboxylic acids is 1. The van der Waals surface area contributed by atoms with Gasteiger partial charge in [-0.05, 0) is 37.0 Å². The van der Waals surface area contributed by atoms with E-state index in [0.29, 0.717) is 6.42 Å². The molecule has 1 fully saturated rings. The van der Waals surface area contributed by atoms with Crippen LogP contribution in [0.5, 0.6) is 0 Å². The molecule has 1 unspecified atom stereocenters. The van der Waals surface area contributed by atoms with E-state index in [1.54, 1.807) is 0 Å². The number of hydrogen-bond acceptors (Lipinski definition) is 1. The van der Waals surface area contributed by atoms with E-state index < -0.39 is 4.33 Å². The van der Waals surface area contributed by atoms with Gasteiger partial charge in [0.25, 0.3) is 0 Å². The van der Waals surface area contributed by atoms with E-state index in [4.69, 9.17) is 23.2 Å². The number of halogens is 3. The minimum absolute atomic E-state index is 0.00895. The highest BCUT2D eigenvalue weighted by Gasteiger charge is 2.51. The number of ketones is 1. The van der Waals surface area contributed by atoms with Gasteiger partial charge in [-0.25, -0.2) is 0 Å². The minimum Gasteiger partial charge on any atom is -0.296 e. The Morgan fingerprint density at radius 2 is 1.67 bits per heavy atom. The molecule has 0 aromatic heterocycles.